The van der Waals surface area contributed by atoms with Crippen LogP contribution in [0.25, 0.3) is 0 Å². The first-order chi connectivity index (χ1) is 14.0. The fourth-order valence-corrected chi connectivity index (χ4v) is 4.20. The van der Waals surface area contributed by atoms with Crippen LogP contribution in [0.15, 0.2) is 64.6 Å². The van der Waals surface area contributed by atoms with Gasteiger partial charge in [0.1, 0.15) is 0 Å². The number of hydrogen-bond donors (Lipinski definition) is 2. The van der Waals surface area contributed by atoms with Crippen molar-refractivity contribution in [2.75, 3.05) is 0 Å². The van der Waals surface area contributed by atoms with Crippen molar-refractivity contribution >= 4 is 11.6 Å². The van der Waals surface area contributed by atoms with Crippen molar-refractivity contribution in [3.63, 3.8) is 0 Å². The van der Waals surface area contributed by atoms with E-state index in [-0.39, 0.29) is 28.8 Å². The Morgan fingerprint density at radius 1 is 1.10 bits per heavy atom. The molecular formula is C25H31NO3. The van der Waals surface area contributed by atoms with Crippen LogP contribution in [0.1, 0.15) is 64.4 Å². The molecule has 4 nitrogen and oxygen atoms in total. The number of ketones is 2. The van der Waals surface area contributed by atoms with Crippen LogP contribution in [0.3, 0.4) is 0 Å². The summed E-state index contributed by atoms with van der Waals surface area (Å²) in [5.74, 6) is -1.14. The molecular weight excluding hydrogens is 362 g/mol. The Bertz CT molecular complexity index is 861. The fraction of sp³-hybridized carbons (Fsp3) is 0.440. The Kier molecular flexibility index (Phi) is 7.08. The number of benzene rings is 1. The Morgan fingerprint density at radius 3 is 2.55 bits per heavy atom. The summed E-state index contributed by atoms with van der Waals surface area (Å²) in [5, 5.41) is 13.9. The third kappa shape index (κ3) is 4.87. The summed E-state index contributed by atoms with van der Waals surface area (Å²) in [6.07, 6.45) is 8.14. The Hall–Kier alpha value is -2.62. The van der Waals surface area contributed by atoms with E-state index < -0.39 is 0 Å². The second-order valence-electron chi connectivity index (χ2n) is 8.08. The average molecular weight is 394 g/mol. The van der Waals surface area contributed by atoms with Crippen LogP contribution < -0.4 is 5.32 Å². The standard InChI is InChI=1S/C25H31NO3/c1-3-4-6-14-20-22(26-16-18-11-7-5-8-12-18)24(28)21(25(29)23(20)27)19-13-9-10-17(2)15-19/h5,7-8,11-12,15,19,26,29H,3-4,6,9-10,13-14,16H2,1-2H3. The lowest BCUT2D eigenvalue weighted by atomic mass is 9.78. The van der Waals surface area contributed by atoms with Crippen molar-refractivity contribution in [1.29, 1.82) is 0 Å². The molecule has 3 rings (SSSR count). The number of carbonyl (C=O) groups is 2. The van der Waals surface area contributed by atoms with Crippen LogP contribution in [0, 0.1) is 5.92 Å². The first-order valence-corrected chi connectivity index (χ1v) is 10.7. The van der Waals surface area contributed by atoms with Gasteiger partial charge in [0, 0.05) is 18.0 Å². The highest BCUT2D eigenvalue weighted by atomic mass is 16.3. The molecule has 0 aromatic heterocycles. The summed E-state index contributed by atoms with van der Waals surface area (Å²) in [5.41, 5.74) is 3.32. The van der Waals surface area contributed by atoms with Crippen LogP contribution in [-0.4, -0.2) is 16.7 Å². The minimum atomic E-state index is -0.386. The number of aliphatic hydroxyl groups is 1. The molecule has 0 saturated carbocycles. The van der Waals surface area contributed by atoms with Crippen molar-refractivity contribution in [3.05, 3.63) is 70.1 Å². The van der Waals surface area contributed by atoms with Crippen LogP contribution in [0.2, 0.25) is 0 Å². The minimum Gasteiger partial charge on any atom is -0.504 e. The predicted octanol–water partition coefficient (Wildman–Crippen LogP) is 5.32. The Labute approximate surface area is 173 Å². The third-order valence-corrected chi connectivity index (χ3v) is 5.80. The summed E-state index contributed by atoms with van der Waals surface area (Å²) < 4.78 is 0. The van der Waals surface area contributed by atoms with Crippen molar-refractivity contribution in [1.82, 2.24) is 5.32 Å². The summed E-state index contributed by atoms with van der Waals surface area (Å²) >= 11 is 0. The normalized spacial score (nSPS) is 20.2. The second-order valence-corrected chi connectivity index (χ2v) is 8.08. The van der Waals surface area contributed by atoms with Crippen molar-refractivity contribution in [2.45, 2.75) is 65.3 Å². The average Bonchev–Trinajstić information content (AvgIpc) is 2.72. The molecule has 1 atom stereocenters. The Balaban J connectivity index is 1.92. The van der Waals surface area contributed by atoms with Crippen LogP contribution in [0.5, 0.6) is 0 Å². The summed E-state index contributed by atoms with van der Waals surface area (Å²) in [6, 6.07) is 9.83. The van der Waals surface area contributed by atoms with Gasteiger partial charge in [-0.3, -0.25) is 9.59 Å². The zero-order valence-electron chi connectivity index (χ0n) is 17.5. The molecule has 0 bridgehead atoms. The molecule has 0 heterocycles. The maximum Gasteiger partial charge on any atom is 0.225 e. The molecule has 2 aliphatic rings. The van der Waals surface area contributed by atoms with E-state index in [1.165, 1.54) is 5.57 Å². The van der Waals surface area contributed by atoms with Gasteiger partial charge in [-0.2, -0.15) is 0 Å². The first kappa shape index (κ1) is 21.1. The van der Waals surface area contributed by atoms with E-state index in [1.54, 1.807) is 0 Å². The maximum atomic E-state index is 13.4. The topological polar surface area (TPSA) is 66.4 Å². The molecule has 0 spiro atoms. The number of aliphatic hydroxyl groups excluding tert-OH is 1. The van der Waals surface area contributed by atoms with E-state index in [9.17, 15) is 14.7 Å². The molecule has 1 aromatic carbocycles. The van der Waals surface area contributed by atoms with Gasteiger partial charge in [-0.25, -0.2) is 0 Å². The molecule has 1 aromatic rings. The zero-order valence-corrected chi connectivity index (χ0v) is 17.5. The lowest BCUT2D eigenvalue weighted by molar-refractivity contribution is -0.119. The highest BCUT2D eigenvalue weighted by Gasteiger charge is 2.37. The monoisotopic (exact) mass is 393 g/mol. The van der Waals surface area contributed by atoms with Gasteiger partial charge in [0.15, 0.2) is 5.76 Å². The van der Waals surface area contributed by atoms with Gasteiger partial charge in [0.2, 0.25) is 11.6 Å². The quantitative estimate of drug-likeness (QED) is 0.356. The van der Waals surface area contributed by atoms with Gasteiger partial charge in [0.05, 0.1) is 11.3 Å². The van der Waals surface area contributed by atoms with Gasteiger partial charge in [-0.1, -0.05) is 61.7 Å². The van der Waals surface area contributed by atoms with E-state index in [1.807, 2.05) is 43.3 Å². The molecule has 4 heteroatoms. The van der Waals surface area contributed by atoms with Gasteiger partial charge < -0.3 is 10.4 Å². The van der Waals surface area contributed by atoms with Crippen LogP contribution in [0.4, 0.5) is 0 Å². The van der Waals surface area contributed by atoms with Gasteiger partial charge in [-0.15, -0.1) is 0 Å². The lowest BCUT2D eigenvalue weighted by Gasteiger charge is -2.28. The molecule has 0 saturated heterocycles. The SMILES string of the molecule is CCCCCC1=C(NCc2ccccc2)C(=O)C(C2C=C(C)CCC2)=C(O)C1=O. The molecule has 154 valence electrons. The highest BCUT2D eigenvalue weighted by molar-refractivity contribution is 6.24. The maximum absolute atomic E-state index is 13.4. The van der Waals surface area contributed by atoms with Crippen LogP contribution >= 0.6 is 0 Å². The zero-order chi connectivity index (χ0) is 20.8. The lowest BCUT2D eigenvalue weighted by Crippen LogP contribution is -2.34. The van der Waals surface area contributed by atoms with Gasteiger partial charge >= 0.3 is 0 Å². The van der Waals surface area contributed by atoms with Crippen molar-refractivity contribution < 1.29 is 14.7 Å². The number of Topliss-reactive ketones (excluding diaryl/α,β-unsaturated/α-hetero) is 2. The molecule has 0 aliphatic heterocycles. The molecule has 1 unspecified atom stereocenters. The molecule has 0 radical (unpaired) electrons. The number of allylic oxidation sites excluding steroid dienone is 4. The number of rotatable bonds is 8. The van der Waals surface area contributed by atoms with Crippen LogP contribution in [-0.2, 0) is 16.1 Å². The summed E-state index contributed by atoms with van der Waals surface area (Å²) in [7, 11) is 0. The van der Waals surface area contributed by atoms with E-state index in [2.05, 4.69) is 12.2 Å². The predicted molar refractivity (Wildman–Crippen MR) is 115 cm³/mol. The molecule has 29 heavy (non-hydrogen) atoms. The van der Waals surface area contributed by atoms with E-state index in [0.29, 0.717) is 24.2 Å². The highest BCUT2D eigenvalue weighted by Crippen LogP contribution is 2.35. The second kappa shape index (κ2) is 9.73. The first-order valence-electron chi connectivity index (χ1n) is 10.7. The fourth-order valence-electron chi connectivity index (χ4n) is 4.20. The molecule has 2 N–H and O–H groups in total. The minimum absolute atomic E-state index is 0.189. The molecule has 0 fully saturated rings. The number of carbonyl (C=O) groups excluding carboxylic acids is 2. The van der Waals surface area contributed by atoms with Gasteiger partial charge in [0.25, 0.3) is 0 Å². The molecule has 2 aliphatic carbocycles. The smallest absolute Gasteiger partial charge is 0.225 e. The van der Waals surface area contributed by atoms with Crippen molar-refractivity contribution in [3.8, 4) is 0 Å². The van der Waals surface area contributed by atoms with E-state index in [0.717, 1.165) is 44.1 Å². The third-order valence-electron chi connectivity index (χ3n) is 5.80. The van der Waals surface area contributed by atoms with Crippen molar-refractivity contribution in [2.24, 2.45) is 5.92 Å². The van der Waals surface area contributed by atoms with E-state index in [4.69, 9.17) is 0 Å². The Morgan fingerprint density at radius 2 is 1.86 bits per heavy atom. The largest absolute Gasteiger partial charge is 0.504 e. The number of nitrogens with one attached hydrogen (secondary N) is 1. The molecule has 0 amide bonds. The summed E-state index contributed by atoms with van der Waals surface area (Å²) in [4.78, 5) is 26.5. The van der Waals surface area contributed by atoms with Gasteiger partial charge in [-0.05, 0) is 44.6 Å². The summed E-state index contributed by atoms with van der Waals surface area (Å²) in [6.45, 7) is 4.61. The number of hydrogen-bond acceptors (Lipinski definition) is 4. The van der Waals surface area contributed by atoms with E-state index >= 15 is 0 Å². The number of unbranched alkanes of at least 4 members (excludes halogenated alkanes) is 2.